The van der Waals surface area contributed by atoms with Crippen LogP contribution in [0.4, 0.5) is 0 Å². The minimum absolute atomic E-state index is 0.0530. The summed E-state index contributed by atoms with van der Waals surface area (Å²) in [6, 6.07) is 13.7. The largest absolute Gasteiger partial charge is 0.496 e. The first-order chi connectivity index (χ1) is 12.5. The highest BCUT2D eigenvalue weighted by molar-refractivity contribution is 5.81. The number of aryl methyl sites for hydroxylation is 2. The van der Waals surface area contributed by atoms with E-state index < -0.39 is 6.10 Å². The molecule has 0 aliphatic rings. The summed E-state index contributed by atoms with van der Waals surface area (Å²) in [5.74, 6) is 1.48. The molecule has 2 rings (SSSR count). The number of rotatable bonds is 8. The number of carbonyl (C=O) groups excluding carboxylic acids is 1. The molecule has 4 heteroatoms. The quantitative estimate of drug-likeness (QED) is 0.744. The topological polar surface area (TPSA) is 47.6 Å². The lowest BCUT2D eigenvalue weighted by atomic mass is 10.0. The molecule has 0 saturated carbocycles. The van der Waals surface area contributed by atoms with Crippen molar-refractivity contribution >= 4 is 5.91 Å². The van der Waals surface area contributed by atoms with Gasteiger partial charge in [-0.05, 0) is 56.0 Å². The van der Waals surface area contributed by atoms with Crippen molar-refractivity contribution in [2.75, 3.05) is 7.11 Å². The van der Waals surface area contributed by atoms with Gasteiger partial charge in [0.05, 0.1) is 13.2 Å². The van der Waals surface area contributed by atoms with E-state index in [9.17, 15) is 4.79 Å². The van der Waals surface area contributed by atoms with Crippen molar-refractivity contribution in [3.05, 3.63) is 59.2 Å². The fourth-order valence-electron chi connectivity index (χ4n) is 2.91. The van der Waals surface area contributed by atoms with E-state index >= 15 is 0 Å². The van der Waals surface area contributed by atoms with E-state index in [0.717, 1.165) is 28.9 Å². The van der Waals surface area contributed by atoms with Crippen LogP contribution in [0, 0.1) is 13.8 Å². The zero-order chi connectivity index (χ0) is 19.1. The van der Waals surface area contributed by atoms with Crippen LogP contribution in [0.3, 0.4) is 0 Å². The predicted octanol–water partition coefficient (Wildman–Crippen LogP) is 4.74. The van der Waals surface area contributed by atoms with Crippen LogP contribution >= 0.6 is 0 Å². The van der Waals surface area contributed by atoms with E-state index in [1.54, 1.807) is 7.11 Å². The Kier molecular flexibility index (Phi) is 7.07. The summed E-state index contributed by atoms with van der Waals surface area (Å²) in [7, 11) is 1.66. The fraction of sp³-hybridized carbons (Fsp3) is 0.409. The van der Waals surface area contributed by atoms with Crippen LogP contribution in [0.5, 0.6) is 11.5 Å². The van der Waals surface area contributed by atoms with E-state index in [1.807, 2.05) is 57.2 Å². The average molecular weight is 355 g/mol. The summed E-state index contributed by atoms with van der Waals surface area (Å²) in [5.41, 5.74) is 3.29. The van der Waals surface area contributed by atoms with Gasteiger partial charge in [-0.25, -0.2) is 0 Å². The van der Waals surface area contributed by atoms with Crippen LogP contribution in [0.2, 0.25) is 0 Å². The molecule has 0 heterocycles. The number of hydrogen-bond donors (Lipinski definition) is 1. The number of ether oxygens (including phenoxy) is 2. The van der Waals surface area contributed by atoms with Crippen molar-refractivity contribution in [3.8, 4) is 11.5 Å². The highest BCUT2D eigenvalue weighted by Crippen LogP contribution is 2.24. The first kappa shape index (κ1) is 19.8. The number of methoxy groups -OCH3 is 1. The molecule has 0 fully saturated rings. The van der Waals surface area contributed by atoms with Crippen LogP contribution < -0.4 is 14.8 Å². The fourth-order valence-corrected chi connectivity index (χ4v) is 2.91. The second kappa shape index (κ2) is 9.27. The third-order valence-corrected chi connectivity index (χ3v) is 4.51. The maximum atomic E-state index is 12.7. The van der Waals surface area contributed by atoms with Gasteiger partial charge < -0.3 is 14.8 Å². The molecule has 2 aromatic carbocycles. The Balaban J connectivity index is 2.08. The molecule has 0 radical (unpaired) electrons. The lowest BCUT2D eigenvalue weighted by Crippen LogP contribution is -2.40. The van der Waals surface area contributed by atoms with E-state index in [4.69, 9.17) is 9.47 Å². The van der Waals surface area contributed by atoms with Gasteiger partial charge in [0.1, 0.15) is 11.5 Å². The molecule has 140 valence electrons. The van der Waals surface area contributed by atoms with E-state index in [1.165, 1.54) is 0 Å². The standard InChI is InChI=1S/C22H29NO3/c1-6-19(17-10-13-21(25-5)16(4)14-17)23-22(24)20(7-2)26-18-11-8-15(3)9-12-18/h8-14,19-20H,6-7H2,1-5H3,(H,23,24)/t19-,20+/m0/s1. The molecule has 0 aromatic heterocycles. The Morgan fingerprint density at radius 3 is 2.27 bits per heavy atom. The summed E-state index contributed by atoms with van der Waals surface area (Å²) in [6.45, 7) is 8.05. The Hall–Kier alpha value is -2.49. The van der Waals surface area contributed by atoms with E-state index in [-0.39, 0.29) is 11.9 Å². The molecule has 0 aliphatic carbocycles. The Bertz CT molecular complexity index is 725. The van der Waals surface area contributed by atoms with Crippen molar-refractivity contribution in [2.45, 2.75) is 52.7 Å². The minimum atomic E-state index is -0.508. The second-order valence-corrected chi connectivity index (χ2v) is 6.53. The lowest BCUT2D eigenvalue weighted by molar-refractivity contribution is -0.128. The molecule has 1 N–H and O–H groups in total. The number of benzene rings is 2. The van der Waals surface area contributed by atoms with Gasteiger partial charge in [0.15, 0.2) is 6.10 Å². The molecule has 1 amide bonds. The van der Waals surface area contributed by atoms with Crippen molar-refractivity contribution in [1.82, 2.24) is 5.32 Å². The van der Waals surface area contributed by atoms with Gasteiger partial charge in [-0.1, -0.05) is 43.7 Å². The predicted molar refractivity (Wildman–Crippen MR) is 105 cm³/mol. The molecule has 2 atom stereocenters. The van der Waals surface area contributed by atoms with Gasteiger partial charge >= 0.3 is 0 Å². The van der Waals surface area contributed by atoms with Gasteiger partial charge in [-0.15, -0.1) is 0 Å². The summed E-state index contributed by atoms with van der Waals surface area (Å²) >= 11 is 0. The Morgan fingerprint density at radius 2 is 1.73 bits per heavy atom. The first-order valence-electron chi connectivity index (χ1n) is 9.16. The molecule has 26 heavy (non-hydrogen) atoms. The van der Waals surface area contributed by atoms with Crippen molar-refractivity contribution < 1.29 is 14.3 Å². The lowest BCUT2D eigenvalue weighted by Gasteiger charge is -2.23. The van der Waals surface area contributed by atoms with Crippen molar-refractivity contribution in [3.63, 3.8) is 0 Å². The summed E-state index contributed by atoms with van der Waals surface area (Å²) in [5, 5.41) is 3.13. The zero-order valence-electron chi connectivity index (χ0n) is 16.3. The van der Waals surface area contributed by atoms with E-state index in [2.05, 4.69) is 18.3 Å². The van der Waals surface area contributed by atoms with E-state index in [0.29, 0.717) is 12.2 Å². The average Bonchev–Trinajstić information content (AvgIpc) is 2.65. The molecular formula is C22H29NO3. The van der Waals surface area contributed by atoms with Gasteiger partial charge in [0.25, 0.3) is 5.91 Å². The Morgan fingerprint density at radius 1 is 1.04 bits per heavy atom. The summed E-state index contributed by atoms with van der Waals surface area (Å²) in [6.07, 6.45) is 0.905. The molecule has 0 bridgehead atoms. The maximum Gasteiger partial charge on any atom is 0.261 e. The van der Waals surface area contributed by atoms with Crippen LogP contribution in [0.15, 0.2) is 42.5 Å². The first-order valence-corrected chi connectivity index (χ1v) is 9.16. The summed E-state index contributed by atoms with van der Waals surface area (Å²) in [4.78, 5) is 12.7. The third kappa shape index (κ3) is 5.01. The smallest absolute Gasteiger partial charge is 0.261 e. The van der Waals surface area contributed by atoms with Crippen LogP contribution in [0.1, 0.15) is 49.4 Å². The highest BCUT2D eigenvalue weighted by atomic mass is 16.5. The van der Waals surface area contributed by atoms with Gasteiger partial charge in [0, 0.05) is 0 Å². The number of nitrogens with one attached hydrogen (secondary N) is 1. The number of amides is 1. The summed E-state index contributed by atoms with van der Waals surface area (Å²) < 4.78 is 11.2. The molecule has 0 saturated heterocycles. The van der Waals surface area contributed by atoms with Gasteiger partial charge in [0.2, 0.25) is 0 Å². The van der Waals surface area contributed by atoms with Crippen molar-refractivity contribution in [2.24, 2.45) is 0 Å². The molecule has 0 aliphatic heterocycles. The normalized spacial score (nSPS) is 13.0. The number of carbonyl (C=O) groups is 1. The van der Waals surface area contributed by atoms with Crippen LogP contribution in [-0.2, 0) is 4.79 Å². The minimum Gasteiger partial charge on any atom is -0.496 e. The third-order valence-electron chi connectivity index (χ3n) is 4.51. The zero-order valence-corrected chi connectivity index (χ0v) is 16.3. The highest BCUT2D eigenvalue weighted by Gasteiger charge is 2.22. The maximum absolute atomic E-state index is 12.7. The molecule has 0 unspecified atom stereocenters. The number of hydrogen-bond acceptors (Lipinski definition) is 3. The monoisotopic (exact) mass is 355 g/mol. The molecule has 0 spiro atoms. The van der Waals surface area contributed by atoms with Crippen LogP contribution in [0.25, 0.3) is 0 Å². The Labute approximate surface area is 156 Å². The molecular weight excluding hydrogens is 326 g/mol. The van der Waals surface area contributed by atoms with Crippen LogP contribution in [-0.4, -0.2) is 19.1 Å². The molecule has 4 nitrogen and oxygen atoms in total. The molecule has 2 aromatic rings. The van der Waals surface area contributed by atoms with Gasteiger partial charge in [-0.2, -0.15) is 0 Å². The van der Waals surface area contributed by atoms with Crippen molar-refractivity contribution in [1.29, 1.82) is 0 Å². The second-order valence-electron chi connectivity index (χ2n) is 6.53. The SMILES string of the molecule is CC[C@H](NC(=O)[C@@H](CC)Oc1ccc(C)cc1)c1ccc(OC)c(C)c1. The van der Waals surface area contributed by atoms with Gasteiger partial charge in [-0.3, -0.25) is 4.79 Å².